The molecule has 30 heavy (non-hydrogen) atoms. The van der Waals surface area contributed by atoms with Crippen LogP contribution >= 0.6 is 11.6 Å². The summed E-state index contributed by atoms with van der Waals surface area (Å²) in [7, 11) is 0. The van der Waals surface area contributed by atoms with Crippen molar-refractivity contribution in [1.82, 2.24) is 4.90 Å². The Hall–Kier alpha value is -2.71. The Bertz CT molecular complexity index is 900. The maximum absolute atomic E-state index is 12.6. The van der Waals surface area contributed by atoms with Crippen LogP contribution in [-0.2, 0) is 4.79 Å². The fraction of sp³-hybridized carbons (Fsp3) is 0.333. The Morgan fingerprint density at radius 2 is 1.83 bits per heavy atom. The summed E-state index contributed by atoms with van der Waals surface area (Å²) in [5, 5.41) is 12.0. The highest BCUT2D eigenvalue weighted by Gasteiger charge is 2.26. The summed E-state index contributed by atoms with van der Waals surface area (Å²) >= 11 is 5.89. The van der Waals surface area contributed by atoms with E-state index >= 15 is 0 Å². The molecule has 1 aliphatic heterocycles. The zero-order valence-corrected chi connectivity index (χ0v) is 16.7. The Labute approximate surface area is 177 Å². The van der Waals surface area contributed by atoms with Crippen LogP contribution in [0, 0.1) is 5.92 Å². The third-order valence-electron chi connectivity index (χ3n) is 4.91. The largest absolute Gasteiger partial charge is 0.508 e. The molecule has 0 bridgehead atoms. The number of ketones is 1. The summed E-state index contributed by atoms with van der Waals surface area (Å²) in [5.41, 5.74) is 0.948. The number of rotatable bonds is 7. The second-order valence-corrected chi connectivity index (χ2v) is 7.44. The van der Waals surface area contributed by atoms with Crippen LogP contribution in [-0.4, -0.2) is 47.9 Å². The van der Waals surface area contributed by atoms with Crippen molar-refractivity contribution < 1.29 is 28.2 Å². The van der Waals surface area contributed by atoms with Crippen LogP contribution in [0.15, 0.2) is 42.5 Å². The van der Waals surface area contributed by atoms with E-state index in [0.29, 0.717) is 37.2 Å². The minimum absolute atomic E-state index is 0.0262. The van der Waals surface area contributed by atoms with Crippen molar-refractivity contribution in [3.63, 3.8) is 0 Å². The summed E-state index contributed by atoms with van der Waals surface area (Å²) in [6.07, 6.45) is 1.27. The molecule has 1 fully saturated rings. The smallest absolute Gasteiger partial charge is 0.387 e. The van der Waals surface area contributed by atoms with E-state index in [1.165, 1.54) is 30.3 Å². The van der Waals surface area contributed by atoms with Gasteiger partial charge in [-0.15, -0.1) is 0 Å². The van der Waals surface area contributed by atoms with Gasteiger partial charge in [0.2, 0.25) is 5.91 Å². The van der Waals surface area contributed by atoms with Crippen molar-refractivity contribution in [2.24, 2.45) is 5.92 Å². The molecule has 160 valence electrons. The second kappa shape index (κ2) is 9.86. The molecule has 0 spiro atoms. The normalized spacial score (nSPS) is 15.2. The van der Waals surface area contributed by atoms with Gasteiger partial charge in [-0.1, -0.05) is 11.6 Å². The molecule has 9 heteroatoms. The van der Waals surface area contributed by atoms with Crippen molar-refractivity contribution in [1.29, 1.82) is 0 Å². The number of halogens is 3. The molecule has 2 aromatic rings. The van der Waals surface area contributed by atoms with Crippen LogP contribution in [0.4, 0.5) is 14.5 Å². The van der Waals surface area contributed by atoms with E-state index in [0.717, 1.165) is 0 Å². The van der Waals surface area contributed by atoms with E-state index in [1.807, 2.05) is 4.90 Å². The number of benzene rings is 2. The van der Waals surface area contributed by atoms with Crippen LogP contribution in [0.25, 0.3) is 0 Å². The molecule has 1 aliphatic rings. The first-order valence-electron chi connectivity index (χ1n) is 9.41. The summed E-state index contributed by atoms with van der Waals surface area (Å²) in [4.78, 5) is 26.8. The molecule has 0 atom stereocenters. The number of piperidine rings is 1. The summed E-state index contributed by atoms with van der Waals surface area (Å²) in [6.45, 7) is -1.63. The first-order chi connectivity index (χ1) is 14.3. The molecular formula is C21H21ClF2N2O4. The van der Waals surface area contributed by atoms with Gasteiger partial charge in [-0.05, 0) is 68.4 Å². The number of carbonyl (C=O) groups is 2. The van der Waals surface area contributed by atoms with Gasteiger partial charge in [-0.25, -0.2) is 0 Å². The van der Waals surface area contributed by atoms with Gasteiger partial charge < -0.3 is 15.2 Å². The number of alkyl halides is 2. The molecule has 3 rings (SSSR count). The van der Waals surface area contributed by atoms with E-state index < -0.39 is 6.61 Å². The zero-order chi connectivity index (χ0) is 21.7. The van der Waals surface area contributed by atoms with Gasteiger partial charge in [0.05, 0.1) is 11.6 Å². The second-order valence-electron chi connectivity index (χ2n) is 7.03. The van der Waals surface area contributed by atoms with Crippen LogP contribution in [0.3, 0.4) is 0 Å². The lowest BCUT2D eigenvalue weighted by molar-refractivity contribution is -0.117. The quantitative estimate of drug-likeness (QED) is 0.634. The highest BCUT2D eigenvalue weighted by atomic mass is 35.5. The predicted molar refractivity (Wildman–Crippen MR) is 108 cm³/mol. The number of ether oxygens (including phenoxy) is 1. The van der Waals surface area contributed by atoms with E-state index in [2.05, 4.69) is 10.1 Å². The Morgan fingerprint density at radius 1 is 1.17 bits per heavy atom. The van der Waals surface area contributed by atoms with Crippen molar-refractivity contribution in [3.05, 3.63) is 53.1 Å². The number of hydrogen-bond acceptors (Lipinski definition) is 5. The number of nitrogens with one attached hydrogen (secondary N) is 1. The summed E-state index contributed by atoms with van der Waals surface area (Å²) in [5.74, 6) is -0.387. The monoisotopic (exact) mass is 438 g/mol. The van der Waals surface area contributed by atoms with Crippen molar-refractivity contribution in [2.45, 2.75) is 19.5 Å². The molecule has 2 N–H and O–H groups in total. The van der Waals surface area contributed by atoms with Crippen molar-refractivity contribution in [2.75, 3.05) is 25.0 Å². The number of phenols is 1. The number of nitrogens with zero attached hydrogens (tertiary/aromatic N) is 1. The summed E-state index contributed by atoms with van der Waals surface area (Å²) < 4.78 is 28.8. The molecule has 0 aromatic heterocycles. The van der Waals surface area contributed by atoms with Gasteiger partial charge in [-0.2, -0.15) is 8.78 Å². The van der Waals surface area contributed by atoms with E-state index in [9.17, 15) is 23.5 Å². The Kier molecular flexibility index (Phi) is 7.23. The zero-order valence-electron chi connectivity index (χ0n) is 16.0. The molecule has 2 aromatic carbocycles. The molecule has 0 unspecified atom stereocenters. The van der Waals surface area contributed by atoms with Crippen LogP contribution < -0.4 is 10.1 Å². The van der Waals surface area contributed by atoms with Gasteiger partial charge in [-0.3, -0.25) is 14.5 Å². The maximum Gasteiger partial charge on any atom is 0.387 e. The van der Waals surface area contributed by atoms with Gasteiger partial charge in [0.1, 0.15) is 11.5 Å². The minimum Gasteiger partial charge on any atom is -0.508 e. The number of phenolic OH excluding ortho intramolecular Hbond substituents is 1. The molecule has 6 nitrogen and oxygen atoms in total. The van der Waals surface area contributed by atoms with Gasteiger partial charge >= 0.3 is 6.61 Å². The highest BCUT2D eigenvalue weighted by Crippen LogP contribution is 2.29. The van der Waals surface area contributed by atoms with Gasteiger partial charge in [0.25, 0.3) is 0 Å². The number of anilines is 1. The SMILES string of the molecule is O=C(CN1CCC(C(=O)c2ccc(O)cc2)CC1)Nc1ccc(OC(F)F)c(Cl)c1. The first-order valence-corrected chi connectivity index (χ1v) is 9.79. The first kappa shape index (κ1) is 22.0. The predicted octanol–water partition coefficient (Wildman–Crippen LogP) is 4.18. The Morgan fingerprint density at radius 3 is 2.43 bits per heavy atom. The number of Topliss-reactive ketones (excluding diaryl/α,β-unsaturated/α-hetero) is 1. The van der Waals surface area contributed by atoms with Crippen LogP contribution in [0.1, 0.15) is 23.2 Å². The van der Waals surface area contributed by atoms with E-state index in [1.54, 1.807) is 12.1 Å². The average Bonchev–Trinajstić information content (AvgIpc) is 2.70. The third kappa shape index (κ3) is 5.90. The number of likely N-dealkylation sites (tertiary alicyclic amines) is 1. The number of hydrogen-bond donors (Lipinski definition) is 2. The molecular weight excluding hydrogens is 418 g/mol. The standard InChI is InChI=1S/C21H21ClF2N2O4/c22-17-11-15(3-6-18(17)30-21(23)24)25-19(28)12-26-9-7-14(8-10-26)20(29)13-1-4-16(27)5-2-13/h1-6,11,14,21,27H,7-10,12H2,(H,25,28). The number of aromatic hydroxyl groups is 1. The molecule has 0 saturated carbocycles. The minimum atomic E-state index is -2.98. The lowest BCUT2D eigenvalue weighted by atomic mass is 9.89. The van der Waals surface area contributed by atoms with Crippen molar-refractivity contribution in [3.8, 4) is 11.5 Å². The topological polar surface area (TPSA) is 78.9 Å². The average molecular weight is 439 g/mol. The molecule has 1 heterocycles. The molecule has 0 aliphatic carbocycles. The fourth-order valence-corrected chi connectivity index (χ4v) is 3.61. The highest BCUT2D eigenvalue weighted by molar-refractivity contribution is 6.32. The fourth-order valence-electron chi connectivity index (χ4n) is 3.39. The Balaban J connectivity index is 1.47. The van der Waals surface area contributed by atoms with Crippen LogP contribution in [0.5, 0.6) is 11.5 Å². The lowest BCUT2D eigenvalue weighted by Crippen LogP contribution is -2.40. The van der Waals surface area contributed by atoms with E-state index in [4.69, 9.17) is 11.6 Å². The molecule has 1 saturated heterocycles. The number of amides is 1. The van der Waals surface area contributed by atoms with E-state index in [-0.39, 0.29) is 40.7 Å². The molecule has 0 radical (unpaired) electrons. The number of carbonyl (C=O) groups excluding carboxylic acids is 2. The van der Waals surface area contributed by atoms with Crippen LogP contribution in [0.2, 0.25) is 5.02 Å². The maximum atomic E-state index is 12.6. The third-order valence-corrected chi connectivity index (χ3v) is 5.20. The van der Waals surface area contributed by atoms with Crippen molar-refractivity contribution >= 4 is 29.0 Å². The van der Waals surface area contributed by atoms with Gasteiger partial charge in [0.15, 0.2) is 5.78 Å². The summed E-state index contributed by atoms with van der Waals surface area (Å²) in [6, 6.07) is 10.3. The molecule has 1 amide bonds. The van der Waals surface area contributed by atoms with Gasteiger partial charge in [0, 0.05) is 17.2 Å². The lowest BCUT2D eigenvalue weighted by Gasteiger charge is -2.30.